The highest BCUT2D eigenvalue weighted by Crippen LogP contribution is 2.23. The van der Waals surface area contributed by atoms with E-state index in [0.29, 0.717) is 11.3 Å². The quantitative estimate of drug-likeness (QED) is 0.604. The highest BCUT2D eigenvalue weighted by Gasteiger charge is 2.25. The lowest BCUT2D eigenvalue weighted by molar-refractivity contribution is 0.138. The van der Waals surface area contributed by atoms with E-state index in [1.807, 2.05) is 0 Å². The van der Waals surface area contributed by atoms with Crippen molar-refractivity contribution in [2.45, 2.75) is 45.0 Å². The fourth-order valence-electron chi connectivity index (χ4n) is 1.81. The molecule has 2 heteroatoms. The molecule has 0 aromatic rings. The first-order valence-electron chi connectivity index (χ1n) is 5.03. The van der Waals surface area contributed by atoms with Gasteiger partial charge in [-0.25, -0.2) is 0 Å². The van der Waals surface area contributed by atoms with Gasteiger partial charge in [0.05, 0.1) is 0 Å². The molecular formula is C10H20ClN. The molecule has 1 heterocycles. The normalized spacial score (nSPS) is 35.0. The predicted octanol–water partition coefficient (Wildman–Crippen LogP) is 2.73. The van der Waals surface area contributed by atoms with Gasteiger partial charge in [-0.1, -0.05) is 13.8 Å². The SMILES string of the molecule is CCC(C)N1CCC(Cl)C(C)C1. The van der Waals surface area contributed by atoms with Crippen LogP contribution >= 0.6 is 11.6 Å². The average Bonchev–Trinajstić information content (AvgIpc) is 2.08. The second kappa shape index (κ2) is 4.48. The summed E-state index contributed by atoms with van der Waals surface area (Å²) in [5.41, 5.74) is 0. The van der Waals surface area contributed by atoms with E-state index in [2.05, 4.69) is 25.7 Å². The Morgan fingerprint density at radius 2 is 2.25 bits per heavy atom. The molecule has 3 atom stereocenters. The summed E-state index contributed by atoms with van der Waals surface area (Å²) in [4.78, 5) is 2.56. The molecule has 1 fully saturated rings. The zero-order valence-electron chi connectivity index (χ0n) is 8.39. The Morgan fingerprint density at radius 3 is 2.75 bits per heavy atom. The molecule has 1 nitrogen and oxygen atoms in total. The van der Waals surface area contributed by atoms with Crippen LogP contribution < -0.4 is 0 Å². The lowest BCUT2D eigenvalue weighted by Gasteiger charge is -2.37. The monoisotopic (exact) mass is 189 g/mol. The van der Waals surface area contributed by atoms with E-state index in [1.165, 1.54) is 19.5 Å². The van der Waals surface area contributed by atoms with Crippen LogP contribution in [0.5, 0.6) is 0 Å². The van der Waals surface area contributed by atoms with Gasteiger partial charge in [0.1, 0.15) is 0 Å². The number of rotatable bonds is 2. The maximum atomic E-state index is 6.15. The summed E-state index contributed by atoms with van der Waals surface area (Å²) in [6, 6.07) is 0.733. The molecule has 0 saturated carbocycles. The van der Waals surface area contributed by atoms with Gasteiger partial charge in [-0.15, -0.1) is 11.6 Å². The maximum absolute atomic E-state index is 6.15. The standard InChI is InChI=1S/C10H20ClN/c1-4-9(3)12-6-5-10(11)8(2)7-12/h8-10H,4-7H2,1-3H3. The van der Waals surface area contributed by atoms with Gasteiger partial charge in [-0.05, 0) is 32.2 Å². The van der Waals surface area contributed by atoms with Crippen LogP contribution in [-0.2, 0) is 0 Å². The van der Waals surface area contributed by atoms with Gasteiger partial charge in [-0.3, -0.25) is 0 Å². The molecule has 0 radical (unpaired) electrons. The van der Waals surface area contributed by atoms with Crippen LogP contribution in [0, 0.1) is 5.92 Å². The fraction of sp³-hybridized carbons (Fsp3) is 1.00. The average molecular weight is 190 g/mol. The van der Waals surface area contributed by atoms with Gasteiger partial charge >= 0.3 is 0 Å². The molecule has 1 aliphatic rings. The minimum absolute atomic E-state index is 0.408. The molecule has 1 saturated heterocycles. The third-order valence-electron chi connectivity index (χ3n) is 3.05. The Bertz CT molecular complexity index is 138. The molecule has 0 aromatic carbocycles. The number of hydrogen-bond donors (Lipinski definition) is 0. The molecule has 3 unspecified atom stereocenters. The lowest BCUT2D eigenvalue weighted by atomic mass is 9.98. The summed E-state index contributed by atoms with van der Waals surface area (Å²) in [5.74, 6) is 0.661. The van der Waals surface area contributed by atoms with Gasteiger partial charge in [0.2, 0.25) is 0 Å². The Balaban J connectivity index is 2.39. The number of halogens is 1. The number of piperidine rings is 1. The van der Waals surface area contributed by atoms with Gasteiger partial charge in [0.15, 0.2) is 0 Å². The maximum Gasteiger partial charge on any atom is 0.0386 e. The number of alkyl halides is 1. The summed E-state index contributed by atoms with van der Waals surface area (Å²) in [6.45, 7) is 9.19. The van der Waals surface area contributed by atoms with E-state index >= 15 is 0 Å². The molecule has 0 aliphatic carbocycles. The van der Waals surface area contributed by atoms with Crippen LogP contribution in [-0.4, -0.2) is 29.4 Å². The highest BCUT2D eigenvalue weighted by molar-refractivity contribution is 6.20. The highest BCUT2D eigenvalue weighted by atomic mass is 35.5. The van der Waals surface area contributed by atoms with E-state index in [1.54, 1.807) is 0 Å². The Morgan fingerprint density at radius 1 is 1.58 bits per heavy atom. The number of likely N-dealkylation sites (tertiary alicyclic amines) is 1. The molecular weight excluding hydrogens is 170 g/mol. The van der Waals surface area contributed by atoms with Crippen LogP contribution in [0.25, 0.3) is 0 Å². The zero-order valence-corrected chi connectivity index (χ0v) is 9.14. The van der Waals surface area contributed by atoms with E-state index < -0.39 is 0 Å². The number of hydrogen-bond acceptors (Lipinski definition) is 1. The van der Waals surface area contributed by atoms with Crippen molar-refractivity contribution in [1.29, 1.82) is 0 Å². The number of nitrogens with zero attached hydrogens (tertiary/aromatic N) is 1. The largest absolute Gasteiger partial charge is 0.300 e. The van der Waals surface area contributed by atoms with Gasteiger partial charge in [-0.2, -0.15) is 0 Å². The summed E-state index contributed by atoms with van der Waals surface area (Å²) < 4.78 is 0. The molecule has 0 N–H and O–H groups in total. The van der Waals surface area contributed by atoms with Crippen molar-refractivity contribution in [1.82, 2.24) is 4.90 Å². The smallest absolute Gasteiger partial charge is 0.0386 e. The second-order valence-corrected chi connectivity index (χ2v) is 4.59. The van der Waals surface area contributed by atoms with Crippen LogP contribution in [0.1, 0.15) is 33.6 Å². The van der Waals surface area contributed by atoms with Crippen molar-refractivity contribution < 1.29 is 0 Å². The Hall–Kier alpha value is 0.250. The van der Waals surface area contributed by atoms with Crippen molar-refractivity contribution >= 4 is 11.6 Å². The third kappa shape index (κ3) is 2.37. The molecule has 0 amide bonds. The third-order valence-corrected chi connectivity index (χ3v) is 3.69. The zero-order chi connectivity index (χ0) is 9.14. The van der Waals surface area contributed by atoms with Gasteiger partial charge < -0.3 is 4.90 Å². The topological polar surface area (TPSA) is 3.24 Å². The van der Waals surface area contributed by atoms with Crippen LogP contribution in [0.2, 0.25) is 0 Å². The summed E-state index contributed by atoms with van der Waals surface area (Å²) in [5, 5.41) is 0.408. The predicted molar refractivity (Wildman–Crippen MR) is 54.7 cm³/mol. The second-order valence-electron chi connectivity index (χ2n) is 4.03. The molecule has 0 bridgehead atoms. The fourth-order valence-corrected chi connectivity index (χ4v) is 1.99. The van der Waals surface area contributed by atoms with E-state index in [0.717, 1.165) is 12.5 Å². The summed E-state index contributed by atoms with van der Waals surface area (Å²) in [7, 11) is 0. The van der Waals surface area contributed by atoms with Crippen molar-refractivity contribution in [3.8, 4) is 0 Å². The van der Waals surface area contributed by atoms with Crippen molar-refractivity contribution in [3.63, 3.8) is 0 Å². The minimum atomic E-state index is 0.408. The van der Waals surface area contributed by atoms with Gasteiger partial charge in [0, 0.05) is 18.0 Å². The first-order chi connectivity index (χ1) is 5.65. The Kier molecular flexibility index (Phi) is 3.85. The van der Waals surface area contributed by atoms with E-state index in [9.17, 15) is 0 Å². The van der Waals surface area contributed by atoms with Crippen molar-refractivity contribution in [3.05, 3.63) is 0 Å². The van der Waals surface area contributed by atoms with Crippen LogP contribution in [0.3, 0.4) is 0 Å². The molecule has 72 valence electrons. The van der Waals surface area contributed by atoms with E-state index in [-0.39, 0.29) is 0 Å². The van der Waals surface area contributed by atoms with Crippen molar-refractivity contribution in [2.75, 3.05) is 13.1 Å². The van der Waals surface area contributed by atoms with Gasteiger partial charge in [0.25, 0.3) is 0 Å². The summed E-state index contributed by atoms with van der Waals surface area (Å²) in [6.07, 6.45) is 2.41. The molecule has 12 heavy (non-hydrogen) atoms. The van der Waals surface area contributed by atoms with Crippen LogP contribution in [0.4, 0.5) is 0 Å². The Labute approximate surface area is 81.1 Å². The van der Waals surface area contributed by atoms with E-state index in [4.69, 9.17) is 11.6 Å². The lowest BCUT2D eigenvalue weighted by Crippen LogP contribution is -2.44. The molecule has 1 rings (SSSR count). The minimum Gasteiger partial charge on any atom is -0.300 e. The summed E-state index contributed by atoms with van der Waals surface area (Å²) >= 11 is 6.15. The first-order valence-corrected chi connectivity index (χ1v) is 5.47. The van der Waals surface area contributed by atoms with Crippen molar-refractivity contribution in [2.24, 2.45) is 5.92 Å². The molecule has 0 aromatic heterocycles. The first kappa shape index (κ1) is 10.3. The van der Waals surface area contributed by atoms with Crippen LogP contribution in [0.15, 0.2) is 0 Å². The molecule has 0 spiro atoms. The molecule has 1 aliphatic heterocycles.